The molecule has 1 fully saturated rings. The Morgan fingerprint density at radius 3 is 2.86 bits per heavy atom. The third-order valence-corrected chi connectivity index (χ3v) is 4.38. The van der Waals surface area contributed by atoms with Crippen LogP contribution in [0.25, 0.3) is 10.9 Å². The van der Waals surface area contributed by atoms with Crippen LogP contribution in [0, 0.1) is 5.41 Å². The van der Waals surface area contributed by atoms with E-state index in [2.05, 4.69) is 22.5 Å². The molecule has 4 heteroatoms. The number of hydrogen-bond acceptors (Lipinski definition) is 3. The SMILES string of the molecule is CC1(CNC(=O)c2ccnc3ccccc23)CCNCC1. The van der Waals surface area contributed by atoms with E-state index in [-0.39, 0.29) is 11.3 Å². The number of fused-ring (bicyclic) bond motifs is 1. The summed E-state index contributed by atoms with van der Waals surface area (Å²) in [7, 11) is 0. The van der Waals surface area contributed by atoms with E-state index in [4.69, 9.17) is 0 Å². The predicted molar refractivity (Wildman–Crippen MR) is 84.3 cm³/mol. The molecule has 4 nitrogen and oxygen atoms in total. The lowest BCUT2D eigenvalue weighted by Crippen LogP contribution is -2.42. The van der Waals surface area contributed by atoms with Gasteiger partial charge in [0.1, 0.15) is 0 Å². The van der Waals surface area contributed by atoms with Crippen molar-refractivity contribution in [2.24, 2.45) is 5.41 Å². The minimum atomic E-state index is -0.00615. The van der Waals surface area contributed by atoms with E-state index >= 15 is 0 Å². The maximum atomic E-state index is 12.5. The van der Waals surface area contributed by atoms with Gasteiger partial charge in [0.2, 0.25) is 0 Å². The van der Waals surface area contributed by atoms with Gasteiger partial charge >= 0.3 is 0 Å². The molecule has 0 saturated carbocycles. The molecule has 0 spiro atoms. The minimum Gasteiger partial charge on any atom is -0.351 e. The fourth-order valence-electron chi connectivity index (χ4n) is 2.89. The molecule has 0 bridgehead atoms. The molecule has 3 rings (SSSR count). The van der Waals surface area contributed by atoms with Gasteiger partial charge in [0.15, 0.2) is 0 Å². The summed E-state index contributed by atoms with van der Waals surface area (Å²) in [5.41, 5.74) is 1.76. The van der Waals surface area contributed by atoms with Crippen molar-refractivity contribution >= 4 is 16.8 Å². The highest BCUT2D eigenvalue weighted by molar-refractivity contribution is 6.05. The first-order chi connectivity index (χ1) is 10.2. The lowest BCUT2D eigenvalue weighted by atomic mass is 9.81. The highest BCUT2D eigenvalue weighted by Crippen LogP contribution is 2.27. The number of benzene rings is 1. The molecule has 0 aliphatic carbocycles. The average Bonchev–Trinajstić information content (AvgIpc) is 2.53. The van der Waals surface area contributed by atoms with Crippen LogP contribution in [-0.4, -0.2) is 30.5 Å². The molecule has 1 aliphatic heterocycles. The molecule has 2 heterocycles. The van der Waals surface area contributed by atoms with Crippen LogP contribution < -0.4 is 10.6 Å². The Labute approximate surface area is 125 Å². The number of piperidine rings is 1. The Morgan fingerprint density at radius 2 is 2.05 bits per heavy atom. The number of para-hydroxylation sites is 1. The van der Waals surface area contributed by atoms with Crippen molar-refractivity contribution in [1.29, 1.82) is 0 Å². The Morgan fingerprint density at radius 1 is 1.29 bits per heavy atom. The zero-order valence-electron chi connectivity index (χ0n) is 12.4. The average molecular weight is 283 g/mol. The van der Waals surface area contributed by atoms with Gasteiger partial charge in [-0.3, -0.25) is 9.78 Å². The largest absolute Gasteiger partial charge is 0.351 e. The van der Waals surface area contributed by atoms with Gasteiger partial charge in [-0.2, -0.15) is 0 Å². The van der Waals surface area contributed by atoms with E-state index < -0.39 is 0 Å². The topological polar surface area (TPSA) is 54.0 Å². The van der Waals surface area contributed by atoms with Crippen molar-refractivity contribution in [3.05, 3.63) is 42.1 Å². The zero-order chi connectivity index (χ0) is 14.7. The number of aromatic nitrogens is 1. The summed E-state index contributed by atoms with van der Waals surface area (Å²) in [6.45, 7) is 5.04. The quantitative estimate of drug-likeness (QED) is 0.909. The van der Waals surface area contributed by atoms with Gasteiger partial charge in [0.25, 0.3) is 5.91 Å². The summed E-state index contributed by atoms with van der Waals surface area (Å²) in [5.74, 6) is -0.00615. The second-order valence-electron chi connectivity index (χ2n) is 6.12. The van der Waals surface area contributed by atoms with Crippen molar-refractivity contribution in [1.82, 2.24) is 15.6 Å². The van der Waals surface area contributed by atoms with Crippen molar-refractivity contribution in [2.45, 2.75) is 19.8 Å². The molecule has 1 aliphatic rings. The van der Waals surface area contributed by atoms with E-state index in [1.807, 2.05) is 24.3 Å². The summed E-state index contributed by atoms with van der Waals surface area (Å²) in [6, 6.07) is 9.55. The molecule has 1 amide bonds. The molecule has 0 radical (unpaired) electrons. The number of carbonyl (C=O) groups excluding carboxylic acids is 1. The van der Waals surface area contributed by atoms with E-state index in [1.165, 1.54) is 0 Å². The fraction of sp³-hybridized carbons (Fsp3) is 0.412. The van der Waals surface area contributed by atoms with E-state index in [1.54, 1.807) is 12.3 Å². The fourth-order valence-corrected chi connectivity index (χ4v) is 2.89. The molecular weight excluding hydrogens is 262 g/mol. The minimum absolute atomic E-state index is 0.00615. The van der Waals surface area contributed by atoms with E-state index in [9.17, 15) is 4.79 Å². The molecule has 21 heavy (non-hydrogen) atoms. The highest BCUT2D eigenvalue weighted by atomic mass is 16.1. The first-order valence-electron chi connectivity index (χ1n) is 7.51. The second-order valence-corrected chi connectivity index (χ2v) is 6.12. The van der Waals surface area contributed by atoms with Crippen LogP contribution in [-0.2, 0) is 0 Å². The lowest BCUT2D eigenvalue weighted by Gasteiger charge is -2.34. The lowest BCUT2D eigenvalue weighted by molar-refractivity contribution is 0.0924. The first kappa shape index (κ1) is 14.0. The molecule has 2 aromatic rings. The van der Waals surface area contributed by atoms with Gasteiger partial charge in [-0.1, -0.05) is 25.1 Å². The third-order valence-electron chi connectivity index (χ3n) is 4.38. The van der Waals surface area contributed by atoms with Gasteiger partial charge in [0.05, 0.1) is 11.1 Å². The second kappa shape index (κ2) is 5.82. The molecular formula is C17H21N3O. The van der Waals surface area contributed by atoms with Gasteiger partial charge in [-0.15, -0.1) is 0 Å². The molecule has 0 unspecified atom stereocenters. The third kappa shape index (κ3) is 3.05. The van der Waals surface area contributed by atoms with Crippen LogP contribution >= 0.6 is 0 Å². The predicted octanol–water partition coefficient (Wildman–Crippen LogP) is 2.35. The van der Waals surface area contributed by atoms with Gasteiger partial charge in [0, 0.05) is 18.1 Å². The summed E-state index contributed by atoms with van der Waals surface area (Å²) in [5, 5.41) is 7.38. The van der Waals surface area contributed by atoms with Crippen molar-refractivity contribution < 1.29 is 4.79 Å². The highest BCUT2D eigenvalue weighted by Gasteiger charge is 2.27. The number of nitrogens with one attached hydrogen (secondary N) is 2. The number of rotatable bonds is 3. The van der Waals surface area contributed by atoms with E-state index in [0.29, 0.717) is 5.56 Å². The van der Waals surface area contributed by atoms with Crippen molar-refractivity contribution in [2.75, 3.05) is 19.6 Å². The number of carbonyl (C=O) groups is 1. The van der Waals surface area contributed by atoms with Gasteiger partial charge in [-0.25, -0.2) is 0 Å². The van der Waals surface area contributed by atoms with Crippen molar-refractivity contribution in [3.8, 4) is 0 Å². The first-order valence-corrected chi connectivity index (χ1v) is 7.51. The Balaban J connectivity index is 1.75. The monoisotopic (exact) mass is 283 g/mol. The Bertz CT molecular complexity index is 642. The number of nitrogens with zero attached hydrogens (tertiary/aromatic N) is 1. The van der Waals surface area contributed by atoms with Crippen LogP contribution in [0.15, 0.2) is 36.5 Å². The standard InChI is InChI=1S/C17H21N3O/c1-17(7-10-18-11-8-17)12-20-16(21)14-6-9-19-15-5-3-2-4-13(14)15/h2-6,9,18H,7-8,10-12H2,1H3,(H,20,21). The summed E-state index contributed by atoms with van der Waals surface area (Å²) < 4.78 is 0. The molecule has 1 aromatic carbocycles. The van der Waals surface area contributed by atoms with Crippen LogP contribution in [0.1, 0.15) is 30.1 Å². The maximum Gasteiger partial charge on any atom is 0.252 e. The van der Waals surface area contributed by atoms with Crippen LogP contribution in [0.3, 0.4) is 0 Å². The number of pyridine rings is 1. The maximum absolute atomic E-state index is 12.5. The van der Waals surface area contributed by atoms with Gasteiger partial charge in [-0.05, 0) is 43.5 Å². The molecule has 1 aromatic heterocycles. The number of amides is 1. The Hall–Kier alpha value is -1.94. The number of hydrogen-bond donors (Lipinski definition) is 2. The van der Waals surface area contributed by atoms with Crippen molar-refractivity contribution in [3.63, 3.8) is 0 Å². The van der Waals surface area contributed by atoms with E-state index in [0.717, 1.165) is 43.4 Å². The van der Waals surface area contributed by atoms with Crippen LogP contribution in [0.4, 0.5) is 0 Å². The summed E-state index contributed by atoms with van der Waals surface area (Å²) in [6.07, 6.45) is 3.90. The molecule has 0 atom stereocenters. The Kier molecular flexibility index (Phi) is 3.88. The smallest absolute Gasteiger partial charge is 0.252 e. The van der Waals surface area contributed by atoms with Crippen LogP contribution in [0.2, 0.25) is 0 Å². The van der Waals surface area contributed by atoms with Gasteiger partial charge < -0.3 is 10.6 Å². The molecule has 1 saturated heterocycles. The molecule has 110 valence electrons. The summed E-state index contributed by atoms with van der Waals surface area (Å²) in [4.78, 5) is 16.8. The summed E-state index contributed by atoms with van der Waals surface area (Å²) >= 11 is 0. The van der Waals surface area contributed by atoms with Crippen LogP contribution in [0.5, 0.6) is 0 Å². The zero-order valence-corrected chi connectivity index (χ0v) is 12.4. The normalized spacial score (nSPS) is 17.6. The molecule has 2 N–H and O–H groups in total.